The van der Waals surface area contributed by atoms with E-state index in [-0.39, 0.29) is 54.2 Å². The van der Waals surface area contributed by atoms with Crippen LogP contribution in [0.2, 0.25) is 0 Å². The van der Waals surface area contributed by atoms with Crippen molar-refractivity contribution in [2.24, 2.45) is 45.3 Å². The fourth-order valence-corrected chi connectivity index (χ4v) is 10.9. The smallest absolute Gasteiger partial charge is 0.331 e. The Morgan fingerprint density at radius 2 is 1.67 bits per heavy atom. The number of carbonyl (C=O) groups excluding carboxylic acids is 2. The molecule has 2 saturated carbocycles. The van der Waals surface area contributed by atoms with E-state index in [9.17, 15) is 39.9 Å². The third-order valence-corrected chi connectivity index (χ3v) is 13.2. The van der Waals surface area contributed by atoms with Crippen LogP contribution in [-0.4, -0.2) is 67.5 Å². The summed E-state index contributed by atoms with van der Waals surface area (Å²) in [6.07, 6.45) is 2.78. The number of allylic oxidation sites excluding steroid dienone is 1. The highest BCUT2D eigenvalue weighted by atomic mass is 16.4. The van der Waals surface area contributed by atoms with Gasteiger partial charge in [0.1, 0.15) is 5.78 Å². The molecule has 0 aromatic heterocycles. The van der Waals surface area contributed by atoms with Crippen LogP contribution in [0.15, 0.2) is 59.2 Å². The second kappa shape index (κ2) is 12.8. The van der Waals surface area contributed by atoms with Gasteiger partial charge in [-0.25, -0.2) is 4.79 Å². The maximum absolute atomic E-state index is 14.6. The minimum atomic E-state index is -1.20. The van der Waals surface area contributed by atoms with Gasteiger partial charge in [0.05, 0.1) is 24.4 Å². The number of Topliss-reactive ketones (excluding diaryl/α,β-unsaturated/α-hetero) is 2. The van der Waals surface area contributed by atoms with Gasteiger partial charge in [-0.15, -0.1) is 0 Å². The fourth-order valence-electron chi connectivity index (χ4n) is 10.9. The van der Waals surface area contributed by atoms with E-state index in [0.29, 0.717) is 30.4 Å². The number of aliphatic hydroxyl groups excluding tert-OH is 4. The van der Waals surface area contributed by atoms with Crippen molar-refractivity contribution in [1.82, 2.24) is 0 Å². The summed E-state index contributed by atoms with van der Waals surface area (Å²) in [7, 11) is 0. The van der Waals surface area contributed by atoms with Crippen LogP contribution in [0.25, 0.3) is 6.08 Å². The van der Waals surface area contributed by atoms with Crippen molar-refractivity contribution in [1.29, 1.82) is 0 Å². The van der Waals surface area contributed by atoms with Crippen molar-refractivity contribution < 1.29 is 39.9 Å². The van der Waals surface area contributed by atoms with Gasteiger partial charge >= 0.3 is 5.97 Å². The van der Waals surface area contributed by atoms with Crippen LogP contribution < -0.4 is 0 Å². The lowest BCUT2D eigenvalue weighted by atomic mass is 9.40. The van der Waals surface area contributed by atoms with E-state index >= 15 is 0 Å². The summed E-state index contributed by atoms with van der Waals surface area (Å²) in [5.74, 6) is -2.37. The SMILES string of the molecule is C[C@H](O)C/C(=C\[C@@H](O)C[C@@H](C)[C@H]1C[C@H](O)[C@@]2(C)C3=C(C(=O)C[C@]12C)[C@@]1(C)CCC(=O)C(C)(C)[C@H]1[C@H](/C=C/c1ccccc1)[C@H]3O)C(=O)O. The third kappa shape index (κ3) is 5.66. The second-order valence-corrected chi connectivity index (χ2v) is 16.5. The molecule has 0 radical (unpaired) electrons. The van der Waals surface area contributed by atoms with Crippen LogP contribution in [-0.2, 0) is 14.4 Å². The zero-order valence-corrected chi connectivity index (χ0v) is 29.4. The van der Waals surface area contributed by atoms with Gasteiger partial charge in [0.15, 0.2) is 5.78 Å². The molecule has 11 atom stereocenters. The second-order valence-electron chi connectivity index (χ2n) is 16.5. The molecule has 2 fully saturated rings. The number of hydrogen-bond donors (Lipinski definition) is 5. The molecule has 0 heterocycles. The third-order valence-electron chi connectivity index (χ3n) is 13.2. The maximum atomic E-state index is 14.6. The van der Waals surface area contributed by atoms with Gasteiger partial charge in [0.2, 0.25) is 0 Å². The van der Waals surface area contributed by atoms with Crippen molar-refractivity contribution in [2.45, 2.75) is 111 Å². The lowest BCUT2D eigenvalue weighted by molar-refractivity contribution is -0.150. The highest BCUT2D eigenvalue weighted by Gasteiger charge is 2.71. The Hall–Kier alpha value is -2.91. The minimum Gasteiger partial charge on any atom is -0.478 e. The fraction of sp³-hybridized carbons (Fsp3) is 0.625. The van der Waals surface area contributed by atoms with E-state index < -0.39 is 58.0 Å². The molecule has 1 aromatic carbocycles. The number of hydrogen-bond acceptors (Lipinski definition) is 7. The van der Waals surface area contributed by atoms with Crippen molar-refractivity contribution in [3.63, 3.8) is 0 Å². The molecule has 5 rings (SSSR count). The number of carboxylic acid groups (broad SMARTS) is 1. The zero-order valence-electron chi connectivity index (χ0n) is 29.4. The first-order valence-corrected chi connectivity index (χ1v) is 17.5. The zero-order chi connectivity index (χ0) is 35.6. The molecule has 0 bridgehead atoms. The standard InChI is InChI=1S/C40H54O8/c1-22(17-26(42)19-25(36(47)48)18-23(2)41)28-20-31(45)40(7)33-32(29(43)21-39(28,40)6)38(5)16-15-30(44)37(3,4)35(38)27(34(33)46)14-13-24-11-9-8-10-12-24/h8-14,19,22-23,26-28,31,34-35,41-42,45-46H,15-18,20-21H2,1-7H3,(H,47,48)/b14-13+,25-19+/t22-,23+,26+,27-,28-,31+,34-,35-,38-,39-,40+/m1/s1. The highest BCUT2D eigenvalue weighted by molar-refractivity contribution is 6.01. The van der Waals surface area contributed by atoms with Crippen molar-refractivity contribution >= 4 is 23.6 Å². The average molecular weight is 663 g/mol. The number of carbonyl (C=O) groups is 3. The lowest BCUT2D eigenvalue weighted by Gasteiger charge is -2.63. The number of aliphatic carboxylic acids is 1. The van der Waals surface area contributed by atoms with E-state index in [0.717, 1.165) is 5.56 Å². The summed E-state index contributed by atoms with van der Waals surface area (Å²) in [6, 6.07) is 9.79. The summed E-state index contributed by atoms with van der Waals surface area (Å²) in [4.78, 5) is 39.9. The summed E-state index contributed by atoms with van der Waals surface area (Å²) in [6.45, 7) is 13.4. The Morgan fingerprint density at radius 3 is 2.27 bits per heavy atom. The van der Waals surface area contributed by atoms with E-state index in [1.165, 1.54) is 13.0 Å². The number of benzene rings is 1. The van der Waals surface area contributed by atoms with Crippen LogP contribution in [0.4, 0.5) is 0 Å². The monoisotopic (exact) mass is 662 g/mol. The van der Waals surface area contributed by atoms with Gasteiger partial charge in [-0.3, -0.25) is 9.59 Å². The number of ketones is 2. The topological polar surface area (TPSA) is 152 Å². The molecule has 0 amide bonds. The lowest BCUT2D eigenvalue weighted by Crippen LogP contribution is -2.63. The molecule has 4 aliphatic carbocycles. The first-order chi connectivity index (χ1) is 22.3. The summed E-state index contributed by atoms with van der Waals surface area (Å²) in [5.41, 5.74) is -1.14. The average Bonchev–Trinajstić information content (AvgIpc) is 3.20. The Bertz CT molecular complexity index is 1540. The molecule has 0 aliphatic heterocycles. The van der Waals surface area contributed by atoms with E-state index in [1.54, 1.807) is 0 Å². The number of fused-ring (bicyclic) bond motifs is 4. The molecule has 0 unspecified atom stereocenters. The molecule has 4 aliphatic rings. The molecule has 8 heteroatoms. The van der Waals surface area contributed by atoms with Crippen molar-refractivity contribution in [3.05, 3.63) is 64.8 Å². The molecule has 0 saturated heterocycles. The van der Waals surface area contributed by atoms with Gasteiger partial charge in [0.25, 0.3) is 0 Å². The molecule has 0 spiro atoms. The van der Waals surface area contributed by atoms with Gasteiger partial charge in [-0.05, 0) is 66.6 Å². The van der Waals surface area contributed by atoms with Gasteiger partial charge < -0.3 is 25.5 Å². The first kappa shape index (κ1) is 36.4. The Labute approximate surface area is 284 Å². The van der Waals surface area contributed by atoms with E-state index in [1.807, 2.05) is 77.1 Å². The molecular formula is C40H54O8. The van der Waals surface area contributed by atoms with Crippen LogP contribution in [0, 0.1) is 45.3 Å². The molecule has 262 valence electrons. The Kier molecular flexibility index (Phi) is 9.67. The van der Waals surface area contributed by atoms with Crippen LogP contribution in [0.1, 0.15) is 92.6 Å². The van der Waals surface area contributed by atoms with Gasteiger partial charge in [-0.2, -0.15) is 0 Å². The summed E-state index contributed by atoms with van der Waals surface area (Å²) in [5, 5.41) is 55.0. The highest BCUT2D eigenvalue weighted by Crippen LogP contribution is 2.72. The van der Waals surface area contributed by atoms with Gasteiger partial charge in [-0.1, -0.05) is 84.0 Å². The van der Waals surface area contributed by atoms with Crippen LogP contribution >= 0.6 is 0 Å². The van der Waals surface area contributed by atoms with E-state index in [2.05, 4.69) is 6.92 Å². The quantitative estimate of drug-likeness (QED) is 0.217. The van der Waals surface area contributed by atoms with Crippen molar-refractivity contribution in [3.8, 4) is 0 Å². The van der Waals surface area contributed by atoms with Crippen LogP contribution in [0.5, 0.6) is 0 Å². The van der Waals surface area contributed by atoms with E-state index in [4.69, 9.17) is 0 Å². The van der Waals surface area contributed by atoms with Gasteiger partial charge in [0, 0.05) is 52.6 Å². The minimum absolute atomic E-state index is 0.0518. The Morgan fingerprint density at radius 1 is 1.02 bits per heavy atom. The normalized spacial score (nSPS) is 38.3. The predicted octanol–water partition coefficient (Wildman–Crippen LogP) is 5.53. The summed E-state index contributed by atoms with van der Waals surface area (Å²) >= 11 is 0. The molecule has 8 nitrogen and oxygen atoms in total. The number of carboxylic acids is 1. The maximum Gasteiger partial charge on any atom is 0.331 e. The molecular weight excluding hydrogens is 608 g/mol. The molecule has 1 aromatic rings. The molecule has 48 heavy (non-hydrogen) atoms. The first-order valence-electron chi connectivity index (χ1n) is 17.5. The number of rotatable bonds is 9. The number of aliphatic hydroxyl groups is 4. The van der Waals surface area contributed by atoms with Crippen LogP contribution in [0.3, 0.4) is 0 Å². The molecule has 5 N–H and O–H groups in total. The summed E-state index contributed by atoms with van der Waals surface area (Å²) < 4.78 is 0. The Balaban J connectivity index is 1.59. The van der Waals surface area contributed by atoms with Crippen molar-refractivity contribution in [2.75, 3.05) is 0 Å². The largest absolute Gasteiger partial charge is 0.478 e. The predicted molar refractivity (Wildman–Crippen MR) is 183 cm³/mol.